The van der Waals surface area contributed by atoms with Crippen molar-refractivity contribution in [1.82, 2.24) is 5.32 Å². The highest BCUT2D eigenvalue weighted by molar-refractivity contribution is 5.95. The van der Waals surface area contributed by atoms with Crippen LogP contribution in [0.1, 0.15) is 27.4 Å². The Morgan fingerprint density at radius 3 is 2.58 bits per heavy atom. The van der Waals surface area contributed by atoms with Gasteiger partial charge in [0.25, 0.3) is 5.91 Å². The first-order valence-corrected chi connectivity index (χ1v) is 7.73. The number of carbonyl (C=O) groups is 1. The van der Waals surface area contributed by atoms with Crippen molar-refractivity contribution in [3.8, 4) is 5.75 Å². The lowest BCUT2D eigenvalue weighted by atomic mass is 10.2. The Morgan fingerprint density at radius 1 is 1.29 bits per heavy atom. The summed E-state index contributed by atoms with van der Waals surface area (Å²) < 4.78 is 15.9. The highest BCUT2D eigenvalue weighted by atomic mass is 16.5. The Bertz CT molecular complexity index is 663. The molecule has 0 aliphatic heterocycles. The Morgan fingerprint density at radius 2 is 2.00 bits per heavy atom. The molecule has 2 rings (SSSR count). The van der Waals surface area contributed by atoms with Crippen LogP contribution >= 0.6 is 0 Å². The highest BCUT2D eigenvalue weighted by Gasteiger charge is 2.14. The number of furan rings is 1. The number of nitrogens with one attached hydrogen (secondary N) is 1. The molecule has 0 unspecified atom stereocenters. The number of aliphatic hydroxyl groups excluding tert-OH is 1. The maximum Gasteiger partial charge on any atom is 0.254 e. The fraction of sp³-hybridized carbons (Fsp3) is 0.389. The predicted molar refractivity (Wildman–Crippen MR) is 89.2 cm³/mol. The van der Waals surface area contributed by atoms with Crippen LogP contribution in [0.15, 0.2) is 34.7 Å². The minimum absolute atomic E-state index is 0.116. The van der Waals surface area contributed by atoms with Crippen molar-refractivity contribution in [2.45, 2.75) is 26.6 Å². The van der Waals surface area contributed by atoms with Gasteiger partial charge in [-0.2, -0.15) is 0 Å². The van der Waals surface area contributed by atoms with Crippen LogP contribution in [-0.4, -0.2) is 37.4 Å². The standard InChI is InChI=1S/C18H23NO5/c1-12-8-17(13(2)24-12)18(21)19-9-15(20)11-23-10-14-4-6-16(22-3)7-5-14/h4-8,15,20H,9-11H2,1-3H3,(H,19,21)/t15-/m1/s1. The fourth-order valence-corrected chi connectivity index (χ4v) is 2.26. The smallest absolute Gasteiger partial charge is 0.254 e. The molecule has 1 atom stereocenters. The summed E-state index contributed by atoms with van der Waals surface area (Å²) >= 11 is 0. The van der Waals surface area contributed by atoms with Gasteiger partial charge < -0.3 is 24.3 Å². The maximum atomic E-state index is 12.0. The maximum absolute atomic E-state index is 12.0. The molecule has 2 N–H and O–H groups in total. The molecule has 1 heterocycles. The summed E-state index contributed by atoms with van der Waals surface area (Å²) in [6.07, 6.45) is -0.777. The number of methoxy groups -OCH3 is 1. The van der Waals surface area contributed by atoms with Crippen molar-refractivity contribution in [3.05, 3.63) is 53.0 Å². The molecule has 2 aromatic rings. The molecular weight excluding hydrogens is 310 g/mol. The van der Waals surface area contributed by atoms with Gasteiger partial charge in [0.1, 0.15) is 17.3 Å². The second-order valence-corrected chi connectivity index (χ2v) is 5.55. The average molecular weight is 333 g/mol. The number of amides is 1. The molecule has 0 radical (unpaired) electrons. The minimum Gasteiger partial charge on any atom is -0.497 e. The van der Waals surface area contributed by atoms with E-state index in [1.165, 1.54) is 0 Å². The van der Waals surface area contributed by atoms with E-state index in [4.69, 9.17) is 13.9 Å². The molecule has 0 aliphatic rings. The van der Waals surface area contributed by atoms with Crippen LogP contribution in [0.3, 0.4) is 0 Å². The summed E-state index contributed by atoms with van der Waals surface area (Å²) in [6.45, 7) is 4.15. The molecule has 0 saturated heterocycles. The SMILES string of the molecule is COc1ccc(COC[C@H](O)CNC(=O)c2cc(C)oc2C)cc1. The van der Waals surface area contributed by atoms with Crippen molar-refractivity contribution in [1.29, 1.82) is 0 Å². The van der Waals surface area contributed by atoms with Crippen LogP contribution in [0.2, 0.25) is 0 Å². The zero-order valence-electron chi connectivity index (χ0n) is 14.2. The monoisotopic (exact) mass is 333 g/mol. The number of aryl methyl sites for hydroxylation is 2. The van der Waals surface area contributed by atoms with Crippen molar-refractivity contribution in [2.75, 3.05) is 20.3 Å². The van der Waals surface area contributed by atoms with Crippen molar-refractivity contribution >= 4 is 5.91 Å². The van der Waals surface area contributed by atoms with E-state index in [0.29, 0.717) is 23.7 Å². The Kier molecular flexibility index (Phi) is 6.40. The Balaban J connectivity index is 1.70. The van der Waals surface area contributed by atoms with Crippen LogP contribution in [0.25, 0.3) is 0 Å². The van der Waals surface area contributed by atoms with Crippen LogP contribution in [0.5, 0.6) is 5.75 Å². The summed E-state index contributed by atoms with van der Waals surface area (Å²) in [6, 6.07) is 9.18. The van der Waals surface area contributed by atoms with Gasteiger partial charge in [-0.1, -0.05) is 12.1 Å². The van der Waals surface area contributed by atoms with Gasteiger partial charge in [-0.25, -0.2) is 0 Å². The lowest BCUT2D eigenvalue weighted by Gasteiger charge is -2.12. The average Bonchev–Trinajstić information content (AvgIpc) is 2.92. The number of carbonyl (C=O) groups excluding carboxylic acids is 1. The quantitative estimate of drug-likeness (QED) is 0.774. The van der Waals surface area contributed by atoms with Crippen LogP contribution in [-0.2, 0) is 11.3 Å². The topological polar surface area (TPSA) is 80.9 Å². The van der Waals surface area contributed by atoms with E-state index in [0.717, 1.165) is 11.3 Å². The number of aliphatic hydroxyl groups is 1. The van der Waals surface area contributed by atoms with E-state index < -0.39 is 6.10 Å². The van der Waals surface area contributed by atoms with Crippen molar-refractivity contribution in [2.24, 2.45) is 0 Å². The molecule has 1 amide bonds. The van der Waals surface area contributed by atoms with Gasteiger partial charge in [0.15, 0.2) is 0 Å². The molecule has 1 aromatic heterocycles. The molecule has 1 aromatic carbocycles. The van der Waals surface area contributed by atoms with Gasteiger partial charge in [-0.05, 0) is 37.6 Å². The lowest BCUT2D eigenvalue weighted by Crippen LogP contribution is -2.34. The molecule has 0 fully saturated rings. The van der Waals surface area contributed by atoms with Crippen LogP contribution in [0.4, 0.5) is 0 Å². The molecular formula is C18H23NO5. The van der Waals surface area contributed by atoms with Crippen molar-refractivity contribution in [3.63, 3.8) is 0 Å². The van der Waals surface area contributed by atoms with Crippen LogP contribution in [0, 0.1) is 13.8 Å². The number of hydrogen-bond donors (Lipinski definition) is 2. The number of ether oxygens (including phenoxy) is 2. The molecule has 0 spiro atoms. The molecule has 6 heteroatoms. The number of rotatable bonds is 8. The normalized spacial score (nSPS) is 12.0. The zero-order chi connectivity index (χ0) is 17.5. The molecule has 130 valence electrons. The summed E-state index contributed by atoms with van der Waals surface area (Å²) in [7, 11) is 1.61. The molecule has 24 heavy (non-hydrogen) atoms. The molecule has 0 bridgehead atoms. The number of benzene rings is 1. The zero-order valence-corrected chi connectivity index (χ0v) is 14.2. The van der Waals surface area contributed by atoms with E-state index in [1.54, 1.807) is 27.0 Å². The van der Waals surface area contributed by atoms with E-state index in [1.807, 2.05) is 24.3 Å². The van der Waals surface area contributed by atoms with E-state index in [9.17, 15) is 9.90 Å². The third-order valence-corrected chi connectivity index (χ3v) is 3.52. The summed E-state index contributed by atoms with van der Waals surface area (Å²) in [5.41, 5.74) is 1.47. The van der Waals surface area contributed by atoms with Crippen LogP contribution < -0.4 is 10.1 Å². The summed E-state index contributed by atoms with van der Waals surface area (Å²) in [5, 5.41) is 12.6. The van der Waals surface area contributed by atoms with E-state index in [2.05, 4.69) is 5.32 Å². The fourth-order valence-electron chi connectivity index (χ4n) is 2.26. The predicted octanol–water partition coefficient (Wildman–Crippen LogP) is 2.21. The second kappa shape index (κ2) is 8.52. The second-order valence-electron chi connectivity index (χ2n) is 5.55. The minimum atomic E-state index is -0.777. The van der Waals surface area contributed by atoms with Crippen molar-refractivity contribution < 1.29 is 23.8 Å². The van der Waals surface area contributed by atoms with Gasteiger partial charge in [-0.3, -0.25) is 4.79 Å². The molecule has 0 saturated carbocycles. The first-order valence-electron chi connectivity index (χ1n) is 7.73. The largest absolute Gasteiger partial charge is 0.497 e. The lowest BCUT2D eigenvalue weighted by molar-refractivity contribution is 0.0285. The summed E-state index contributed by atoms with van der Waals surface area (Å²) in [5.74, 6) is 1.76. The first kappa shape index (κ1) is 18.0. The van der Waals surface area contributed by atoms with Gasteiger partial charge in [-0.15, -0.1) is 0 Å². The first-order chi connectivity index (χ1) is 11.5. The number of hydrogen-bond acceptors (Lipinski definition) is 5. The van der Waals surface area contributed by atoms with Gasteiger partial charge in [0.2, 0.25) is 0 Å². The third-order valence-electron chi connectivity index (χ3n) is 3.52. The highest BCUT2D eigenvalue weighted by Crippen LogP contribution is 2.13. The Labute approximate surface area is 141 Å². The molecule has 0 aliphatic carbocycles. The van der Waals surface area contributed by atoms with Gasteiger partial charge in [0.05, 0.1) is 32.0 Å². The van der Waals surface area contributed by atoms with Gasteiger partial charge in [0, 0.05) is 6.54 Å². The molecule has 6 nitrogen and oxygen atoms in total. The van der Waals surface area contributed by atoms with E-state index in [-0.39, 0.29) is 19.1 Å². The Hall–Kier alpha value is -2.31. The third kappa shape index (κ3) is 5.11. The summed E-state index contributed by atoms with van der Waals surface area (Å²) in [4.78, 5) is 12.0. The van der Waals surface area contributed by atoms with E-state index >= 15 is 0 Å². The van der Waals surface area contributed by atoms with Gasteiger partial charge >= 0.3 is 0 Å².